The smallest absolute Gasteiger partial charge is 0.469 e. The molecule has 0 heterocycles. The Kier molecular flexibility index (Phi) is 10.1. The zero-order valence-electron chi connectivity index (χ0n) is 16.9. The van der Waals surface area contributed by atoms with Crippen molar-refractivity contribution in [3.8, 4) is 5.75 Å². The fourth-order valence-corrected chi connectivity index (χ4v) is 3.16. The molecule has 6 nitrogen and oxygen atoms in total. The Bertz CT molecular complexity index is 676. The molecule has 0 bridgehead atoms. The molecule has 168 valence electrons. The Labute approximate surface area is 169 Å². The van der Waals surface area contributed by atoms with Crippen LogP contribution >= 0.6 is 7.82 Å². The number of ether oxygens (including phenoxy) is 1. The third-order valence-corrected chi connectivity index (χ3v) is 4.87. The Balaban J connectivity index is 2.72. The number of phosphoric ester groups is 1. The summed E-state index contributed by atoms with van der Waals surface area (Å²) in [5.74, 6) is -0.197. The number of alkyl halides is 3. The summed E-state index contributed by atoms with van der Waals surface area (Å²) in [4.78, 5) is 17.5. The summed E-state index contributed by atoms with van der Waals surface area (Å²) in [6.07, 6.45) is 0.663. The van der Waals surface area contributed by atoms with Gasteiger partial charge in [0.15, 0.2) is 0 Å². The van der Waals surface area contributed by atoms with Crippen LogP contribution in [-0.4, -0.2) is 28.5 Å². The second-order valence-corrected chi connectivity index (χ2v) is 8.75. The molecule has 0 aromatic heterocycles. The second-order valence-electron chi connectivity index (χ2n) is 7.51. The first-order valence-electron chi connectivity index (χ1n) is 9.66. The Morgan fingerprint density at radius 3 is 2.38 bits per heavy atom. The van der Waals surface area contributed by atoms with Gasteiger partial charge in [0.2, 0.25) is 0 Å². The van der Waals surface area contributed by atoms with Crippen LogP contribution in [0.5, 0.6) is 5.75 Å². The van der Waals surface area contributed by atoms with Gasteiger partial charge in [-0.05, 0) is 43.9 Å². The van der Waals surface area contributed by atoms with E-state index in [-0.39, 0.29) is 25.2 Å². The molecule has 29 heavy (non-hydrogen) atoms. The van der Waals surface area contributed by atoms with Gasteiger partial charge in [-0.3, -0.25) is 4.52 Å². The average Bonchev–Trinajstić information content (AvgIpc) is 2.60. The number of hydrogen-bond acceptors (Lipinski definition) is 4. The van der Waals surface area contributed by atoms with E-state index < -0.39 is 31.7 Å². The fourth-order valence-electron chi connectivity index (χ4n) is 2.70. The molecular weight excluding hydrogens is 410 g/mol. The first kappa shape index (κ1) is 25.9. The van der Waals surface area contributed by atoms with Crippen molar-refractivity contribution >= 4 is 7.82 Å². The topological polar surface area (TPSA) is 102 Å². The maximum atomic E-state index is 13.4. The second kappa shape index (κ2) is 11.3. The van der Waals surface area contributed by atoms with E-state index in [1.54, 1.807) is 6.07 Å². The van der Waals surface area contributed by atoms with E-state index >= 15 is 0 Å². The highest BCUT2D eigenvalue weighted by molar-refractivity contribution is 7.46. The molecule has 4 N–H and O–H groups in total. The van der Waals surface area contributed by atoms with Crippen LogP contribution in [0.1, 0.15) is 63.5 Å². The summed E-state index contributed by atoms with van der Waals surface area (Å²) in [6, 6.07) is 3.89. The molecule has 0 amide bonds. The number of aryl methyl sites for hydroxylation is 1. The van der Waals surface area contributed by atoms with Crippen molar-refractivity contribution in [1.82, 2.24) is 0 Å². The van der Waals surface area contributed by atoms with Crippen molar-refractivity contribution in [2.24, 2.45) is 5.73 Å². The molecule has 10 heteroatoms. The Morgan fingerprint density at radius 2 is 1.79 bits per heavy atom. The minimum absolute atomic E-state index is 0.182. The molecule has 1 aromatic carbocycles. The van der Waals surface area contributed by atoms with Crippen LogP contribution in [0.3, 0.4) is 0 Å². The zero-order valence-corrected chi connectivity index (χ0v) is 17.8. The standard InChI is InChI=1S/C19H31F3NO5P/c1-3-4-5-6-7-12-27-17-9-8-15(13-16(17)19(20,21)22)10-11-18(2,23)14-28-29(24,25)26/h8-9,13H,3-7,10-12,14,23H2,1-2H3,(H2,24,25,26). The van der Waals surface area contributed by atoms with E-state index in [1.807, 2.05) is 0 Å². The Morgan fingerprint density at radius 1 is 1.14 bits per heavy atom. The maximum absolute atomic E-state index is 13.4. The predicted molar refractivity (Wildman–Crippen MR) is 105 cm³/mol. The SMILES string of the molecule is CCCCCCCOc1ccc(CCC(C)(N)COP(=O)(O)O)cc1C(F)(F)F. The van der Waals surface area contributed by atoms with Crippen molar-refractivity contribution < 1.29 is 36.8 Å². The molecule has 1 aromatic rings. The third kappa shape index (κ3) is 11.0. The van der Waals surface area contributed by atoms with Crippen LogP contribution < -0.4 is 10.5 Å². The number of halogens is 3. The highest BCUT2D eigenvalue weighted by Gasteiger charge is 2.35. The number of rotatable bonds is 13. The lowest BCUT2D eigenvalue weighted by atomic mass is 9.94. The van der Waals surface area contributed by atoms with Gasteiger partial charge in [0.1, 0.15) is 5.75 Å². The van der Waals surface area contributed by atoms with E-state index in [1.165, 1.54) is 13.0 Å². The molecule has 1 atom stereocenters. The third-order valence-electron chi connectivity index (χ3n) is 4.40. The quantitative estimate of drug-likeness (QED) is 0.300. The predicted octanol–water partition coefficient (Wildman–Crippen LogP) is 4.81. The summed E-state index contributed by atoms with van der Waals surface area (Å²) >= 11 is 0. The van der Waals surface area contributed by atoms with Crippen LogP contribution in [0.25, 0.3) is 0 Å². The molecule has 0 saturated carbocycles. The lowest BCUT2D eigenvalue weighted by Crippen LogP contribution is -2.41. The van der Waals surface area contributed by atoms with Gasteiger partial charge in [-0.2, -0.15) is 13.2 Å². The van der Waals surface area contributed by atoms with Crippen molar-refractivity contribution in [2.75, 3.05) is 13.2 Å². The molecule has 0 aliphatic rings. The number of phosphoric acid groups is 1. The van der Waals surface area contributed by atoms with Crippen molar-refractivity contribution in [3.05, 3.63) is 29.3 Å². The van der Waals surface area contributed by atoms with E-state index in [0.29, 0.717) is 12.0 Å². The van der Waals surface area contributed by atoms with Gasteiger partial charge < -0.3 is 20.3 Å². The maximum Gasteiger partial charge on any atom is 0.469 e. The summed E-state index contributed by atoms with van der Waals surface area (Å²) in [6.45, 7) is 3.42. The zero-order chi connectivity index (χ0) is 22.1. The van der Waals surface area contributed by atoms with Gasteiger partial charge in [0.25, 0.3) is 0 Å². The van der Waals surface area contributed by atoms with Gasteiger partial charge in [-0.25, -0.2) is 4.57 Å². The van der Waals surface area contributed by atoms with E-state index in [9.17, 15) is 17.7 Å². The molecule has 1 unspecified atom stereocenters. The van der Waals surface area contributed by atoms with E-state index in [4.69, 9.17) is 20.3 Å². The largest absolute Gasteiger partial charge is 0.493 e. The van der Waals surface area contributed by atoms with Crippen LogP contribution in [0.2, 0.25) is 0 Å². The molecule has 1 rings (SSSR count). The van der Waals surface area contributed by atoms with Crippen molar-refractivity contribution in [3.63, 3.8) is 0 Å². The van der Waals surface area contributed by atoms with Gasteiger partial charge in [-0.1, -0.05) is 38.7 Å². The normalized spacial score (nSPS) is 14.6. The number of unbranched alkanes of at least 4 members (excludes halogenated alkanes) is 4. The van der Waals surface area contributed by atoms with E-state index in [2.05, 4.69) is 11.4 Å². The molecule has 0 spiro atoms. The van der Waals surface area contributed by atoms with Gasteiger partial charge >= 0.3 is 14.0 Å². The Hall–Kier alpha value is -1.12. The first-order valence-corrected chi connectivity index (χ1v) is 11.2. The molecule has 0 saturated heterocycles. The molecule has 0 aliphatic heterocycles. The molecule has 0 fully saturated rings. The minimum atomic E-state index is -4.66. The van der Waals surface area contributed by atoms with Crippen LogP contribution in [-0.2, 0) is 21.7 Å². The van der Waals surface area contributed by atoms with Gasteiger partial charge in [0.05, 0.1) is 18.8 Å². The molecule has 0 radical (unpaired) electrons. The fraction of sp³-hybridized carbons (Fsp3) is 0.684. The van der Waals surface area contributed by atoms with Crippen LogP contribution in [0, 0.1) is 0 Å². The van der Waals surface area contributed by atoms with Gasteiger partial charge in [-0.15, -0.1) is 0 Å². The van der Waals surface area contributed by atoms with Crippen LogP contribution in [0.4, 0.5) is 13.2 Å². The van der Waals surface area contributed by atoms with Gasteiger partial charge in [0, 0.05) is 5.54 Å². The monoisotopic (exact) mass is 441 g/mol. The summed E-state index contributed by atoms with van der Waals surface area (Å²) < 4.78 is 60.8. The minimum Gasteiger partial charge on any atom is -0.493 e. The lowest BCUT2D eigenvalue weighted by molar-refractivity contribution is -0.139. The highest BCUT2D eigenvalue weighted by Crippen LogP contribution is 2.38. The first-order chi connectivity index (χ1) is 13.3. The number of nitrogens with two attached hydrogens (primary N) is 1. The number of hydrogen-bond donors (Lipinski definition) is 3. The average molecular weight is 441 g/mol. The number of benzene rings is 1. The molecular formula is C19H31F3NO5P. The lowest BCUT2D eigenvalue weighted by Gasteiger charge is -2.24. The summed E-state index contributed by atoms with van der Waals surface area (Å²) in [5.41, 5.74) is 4.39. The molecule has 0 aliphatic carbocycles. The van der Waals surface area contributed by atoms with E-state index in [0.717, 1.165) is 31.7 Å². The summed E-state index contributed by atoms with van der Waals surface area (Å²) in [7, 11) is -4.66. The van der Waals surface area contributed by atoms with Crippen molar-refractivity contribution in [2.45, 2.75) is 70.5 Å². The van der Waals surface area contributed by atoms with Crippen LogP contribution in [0.15, 0.2) is 18.2 Å². The van der Waals surface area contributed by atoms with Crippen molar-refractivity contribution in [1.29, 1.82) is 0 Å². The summed E-state index contributed by atoms with van der Waals surface area (Å²) in [5, 5.41) is 0. The highest BCUT2D eigenvalue weighted by atomic mass is 31.2.